The minimum atomic E-state index is -4.85. The van der Waals surface area contributed by atoms with Gasteiger partial charge in [-0.25, -0.2) is 4.21 Å². The third-order valence-electron chi connectivity index (χ3n) is 10.5. The predicted octanol–water partition coefficient (Wildman–Crippen LogP) is 10.9. The molecule has 1 fully saturated rings. The summed E-state index contributed by atoms with van der Waals surface area (Å²) in [6.45, 7) is 8.97. The third kappa shape index (κ3) is 15.9. The van der Waals surface area contributed by atoms with Crippen LogP contribution < -0.4 is 16.0 Å². The van der Waals surface area contributed by atoms with E-state index in [-0.39, 0.29) is 29.1 Å². The van der Waals surface area contributed by atoms with Crippen molar-refractivity contribution in [3.63, 3.8) is 0 Å². The number of benzene rings is 5. The Labute approximate surface area is 387 Å². The van der Waals surface area contributed by atoms with Crippen molar-refractivity contribution >= 4 is 64.1 Å². The number of aryl methyl sites for hydroxylation is 1. The maximum atomic E-state index is 13.1. The standard InChI is InChI=1S/C26H27ClN2O2.C20H25F3N2O2S3.C2H6/c1-17-2-11-23(18-3-7-21(27)8-4-18)24(16-17)25(30)19-12-14-29(15-13-19)22-9-5-20(6-10-22)26(28)31;1-25(11-12-26)10-9-15(14-29-17-5-3-2-4-6-17)24-18-8-7-16(28)13-19(18)30(27)20(21,22)23;1-2/h2-11,16,19,25,30H,12-15H2,1H3,(H2,28,31);2-8,13,15,24,26,28H,9-12,14H2,1H3;1-2H3. The molecule has 0 radical (unpaired) electrons. The summed E-state index contributed by atoms with van der Waals surface area (Å²) in [5.74, 6) is 0.384. The van der Waals surface area contributed by atoms with Gasteiger partial charge in [0.2, 0.25) is 5.91 Å². The number of piperidine rings is 1. The average Bonchev–Trinajstić information content (AvgIpc) is 3.28. The van der Waals surface area contributed by atoms with E-state index in [1.807, 2.05) is 92.5 Å². The van der Waals surface area contributed by atoms with Gasteiger partial charge in [-0.05, 0) is 129 Å². The lowest BCUT2D eigenvalue weighted by molar-refractivity contribution is -0.0384. The molecule has 0 aromatic heterocycles. The first-order valence-corrected chi connectivity index (χ1v) is 23.8. The second-order valence-electron chi connectivity index (χ2n) is 15.0. The van der Waals surface area contributed by atoms with Crippen LogP contribution in [0.1, 0.15) is 60.7 Å². The minimum Gasteiger partial charge on any atom is -0.395 e. The fourth-order valence-electron chi connectivity index (χ4n) is 7.08. The Morgan fingerprint density at radius 1 is 0.968 bits per heavy atom. The molecule has 1 aliphatic rings. The smallest absolute Gasteiger partial charge is 0.395 e. The Morgan fingerprint density at radius 2 is 1.62 bits per heavy atom. The van der Waals surface area contributed by atoms with E-state index in [0.29, 0.717) is 40.7 Å². The highest BCUT2D eigenvalue weighted by molar-refractivity contribution is 7.99. The Balaban J connectivity index is 0.000000266. The van der Waals surface area contributed by atoms with Crippen LogP contribution in [0.4, 0.5) is 24.5 Å². The van der Waals surface area contributed by atoms with Crippen LogP contribution in [0.15, 0.2) is 130 Å². The number of thiol groups is 1. The first kappa shape index (κ1) is 51.6. The molecule has 0 aliphatic carbocycles. The summed E-state index contributed by atoms with van der Waals surface area (Å²) in [6.07, 6.45) is 1.90. The largest absolute Gasteiger partial charge is 0.475 e. The molecule has 15 heteroatoms. The van der Waals surface area contributed by atoms with Gasteiger partial charge in [0.15, 0.2) is 10.8 Å². The Kier molecular flexibility index (Phi) is 20.9. The summed E-state index contributed by atoms with van der Waals surface area (Å²) in [6, 6.07) is 35.2. The number of carbonyl (C=O) groups is 1. The molecule has 0 spiro atoms. The summed E-state index contributed by atoms with van der Waals surface area (Å²) in [5, 5.41) is 24.3. The van der Waals surface area contributed by atoms with E-state index in [1.54, 1.807) is 30.0 Å². The number of likely N-dealkylation sites (N-methyl/N-ethyl adjacent to an activating group) is 1. The number of nitrogens with one attached hydrogen (secondary N) is 1. The van der Waals surface area contributed by atoms with Crippen LogP contribution in [0, 0.1) is 12.8 Å². The number of primary amides is 1. The topological polar surface area (TPSA) is 119 Å². The highest BCUT2D eigenvalue weighted by atomic mass is 35.5. The average molecular weight is 944 g/mol. The van der Waals surface area contributed by atoms with Crippen LogP contribution in [0.3, 0.4) is 0 Å². The Morgan fingerprint density at radius 3 is 2.22 bits per heavy atom. The van der Waals surface area contributed by atoms with Crippen LogP contribution in [0.5, 0.6) is 0 Å². The number of amides is 1. The van der Waals surface area contributed by atoms with Gasteiger partial charge in [0.25, 0.3) is 0 Å². The molecule has 5 N–H and O–H groups in total. The number of hydrogen-bond acceptors (Lipinski definition) is 9. The Hall–Kier alpha value is -4.02. The quantitative estimate of drug-likeness (QED) is 0.0490. The summed E-state index contributed by atoms with van der Waals surface area (Å²) >= 11 is 11.8. The van der Waals surface area contributed by atoms with Gasteiger partial charge < -0.3 is 31.1 Å². The molecule has 340 valence electrons. The summed E-state index contributed by atoms with van der Waals surface area (Å²) in [4.78, 5) is 16.6. The predicted molar refractivity (Wildman–Crippen MR) is 258 cm³/mol. The van der Waals surface area contributed by atoms with Crippen molar-refractivity contribution in [1.29, 1.82) is 0 Å². The van der Waals surface area contributed by atoms with E-state index < -0.39 is 28.3 Å². The van der Waals surface area contributed by atoms with Crippen LogP contribution in [0.2, 0.25) is 5.02 Å². The fourth-order valence-corrected chi connectivity index (χ4v) is 9.30. The van der Waals surface area contributed by atoms with Crippen molar-refractivity contribution in [1.82, 2.24) is 4.90 Å². The van der Waals surface area contributed by atoms with Gasteiger partial charge in [-0.3, -0.25) is 4.79 Å². The number of carbonyl (C=O) groups excluding carboxylic acids is 1. The van der Waals surface area contributed by atoms with Crippen molar-refractivity contribution < 1.29 is 32.4 Å². The van der Waals surface area contributed by atoms with E-state index in [2.05, 4.69) is 48.0 Å². The van der Waals surface area contributed by atoms with Gasteiger partial charge in [-0.1, -0.05) is 79.5 Å². The van der Waals surface area contributed by atoms with E-state index in [0.717, 1.165) is 58.8 Å². The fraction of sp³-hybridized carbons (Fsp3) is 0.354. The number of aliphatic hydroxyl groups excluding tert-OH is 2. The van der Waals surface area contributed by atoms with E-state index in [1.165, 1.54) is 12.1 Å². The molecule has 1 amide bonds. The van der Waals surface area contributed by atoms with Crippen molar-refractivity contribution in [3.05, 3.63) is 137 Å². The van der Waals surface area contributed by atoms with Gasteiger partial charge in [0, 0.05) is 57.5 Å². The van der Waals surface area contributed by atoms with Crippen LogP contribution >= 0.6 is 36.0 Å². The molecule has 5 aromatic carbocycles. The first-order chi connectivity index (χ1) is 30.1. The SMILES string of the molecule is CC.CN(CCO)CCC(CSc1ccccc1)Nc1ccc(S)cc1S(=O)C(F)(F)F.Cc1ccc(-c2ccc(Cl)cc2)c(C(O)C2CCN(c3ccc(C(N)=O)cc3)CC2)c1. The van der Waals surface area contributed by atoms with E-state index in [9.17, 15) is 27.3 Å². The monoisotopic (exact) mass is 942 g/mol. The minimum absolute atomic E-state index is 0.0332. The van der Waals surface area contributed by atoms with Gasteiger partial charge in [-0.2, -0.15) is 13.2 Å². The van der Waals surface area contributed by atoms with E-state index >= 15 is 0 Å². The number of anilines is 2. The van der Waals surface area contributed by atoms with Gasteiger partial charge in [0.1, 0.15) is 0 Å². The van der Waals surface area contributed by atoms with Crippen LogP contribution in [-0.4, -0.2) is 82.4 Å². The summed E-state index contributed by atoms with van der Waals surface area (Å²) in [5.41, 5.74) is 6.50. The van der Waals surface area contributed by atoms with Gasteiger partial charge in [-0.15, -0.1) is 24.4 Å². The molecule has 1 heterocycles. The van der Waals surface area contributed by atoms with Crippen molar-refractivity contribution in [2.45, 2.75) is 72.4 Å². The molecular formula is C48H58ClF3N4O4S3. The maximum absolute atomic E-state index is 13.1. The van der Waals surface area contributed by atoms with Crippen molar-refractivity contribution in [3.8, 4) is 11.1 Å². The zero-order chi connectivity index (χ0) is 46.1. The molecular weight excluding hydrogens is 885 g/mol. The highest BCUT2D eigenvalue weighted by Crippen LogP contribution is 2.38. The highest BCUT2D eigenvalue weighted by Gasteiger charge is 2.39. The number of thioether (sulfide) groups is 1. The molecule has 1 aliphatic heterocycles. The normalized spacial score (nSPS) is 14.4. The second-order valence-corrected chi connectivity index (χ2v) is 18.4. The number of rotatable bonds is 16. The van der Waals surface area contributed by atoms with Crippen LogP contribution in [-0.2, 0) is 10.8 Å². The Bertz CT molecular complexity index is 2200. The molecule has 5 aromatic rings. The number of nitrogens with two attached hydrogens (primary N) is 1. The van der Waals surface area contributed by atoms with Gasteiger partial charge >= 0.3 is 5.51 Å². The number of aliphatic hydroxyl groups is 2. The van der Waals surface area contributed by atoms with Crippen molar-refractivity contribution in [2.75, 3.05) is 55.8 Å². The van der Waals surface area contributed by atoms with Crippen LogP contribution in [0.25, 0.3) is 11.1 Å². The zero-order valence-electron chi connectivity index (χ0n) is 36.0. The lowest BCUT2D eigenvalue weighted by Gasteiger charge is -2.36. The molecule has 6 rings (SSSR count). The second kappa shape index (κ2) is 25.5. The number of hydrogen-bond donors (Lipinski definition) is 5. The summed E-state index contributed by atoms with van der Waals surface area (Å²) in [7, 11) is -1.28. The molecule has 3 unspecified atom stereocenters. The zero-order valence-corrected chi connectivity index (χ0v) is 39.3. The maximum Gasteiger partial charge on any atom is 0.475 e. The lowest BCUT2D eigenvalue weighted by atomic mass is 9.83. The molecule has 3 atom stereocenters. The molecule has 0 bridgehead atoms. The van der Waals surface area contributed by atoms with Gasteiger partial charge in [0.05, 0.1) is 23.3 Å². The van der Waals surface area contributed by atoms with E-state index in [4.69, 9.17) is 22.4 Å². The first-order valence-electron chi connectivity index (χ1n) is 20.9. The molecule has 0 saturated carbocycles. The molecule has 1 saturated heterocycles. The third-order valence-corrected chi connectivity index (χ3v) is 13.3. The summed E-state index contributed by atoms with van der Waals surface area (Å²) < 4.78 is 51.3. The number of halogens is 4. The number of nitrogens with zero attached hydrogens (tertiary/aromatic N) is 2. The molecule has 63 heavy (non-hydrogen) atoms. The lowest BCUT2D eigenvalue weighted by Crippen LogP contribution is -2.35. The molecule has 8 nitrogen and oxygen atoms in total. The van der Waals surface area contributed by atoms with Crippen molar-refractivity contribution in [2.24, 2.45) is 11.7 Å². The number of alkyl halides is 3.